The van der Waals surface area contributed by atoms with Crippen LogP contribution in [0.3, 0.4) is 0 Å². The maximum atomic E-state index is 13.4. The lowest BCUT2D eigenvalue weighted by molar-refractivity contribution is -0.114. The molecule has 2 saturated heterocycles. The van der Waals surface area contributed by atoms with Crippen LogP contribution in [0.5, 0.6) is 0 Å². The second kappa shape index (κ2) is 8.97. The van der Waals surface area contributed by atoms with Crippen molar-refractivity contribution in [2.24, 2.45) is 5.73 Å². The van der Waals surface area contributed by atoms with Crippen LogP contribution in [0, 0.1) is 0 Å². The molecule has 0 saturated carbocycles. The van der Waals surface area contributed by atoms with E-state index < -0.39 is 0 Å². The van der Waals surface area contributed by atoms with Gasteiger partial charge in [0.2, 0.25) is 0 Å². The predicted molar refractivity (Wildman–Crippen MR) is 118 cm³/mol. The number of piperidine rings is 1. The van der Waals surface area contributed by atoms with Gasteiger partial charge in [0, 0.05) is 49.3 Å². The number of thiophene rings is 1. The van der Waals surface area contributed by atoms with Gasteiger partial charge < -0.3 is 4.90 Å². The molecule has 0 atom stereocenters. The van der Waals surface area contributed by atoms with Crippen molar-refractivity contribution in [2.45, 2.75) is 38.3 Å². The highest BCUT2D eigenvalue weighted by Crippen LogP contribution is 2.26. The van der Waals surface area contributed by atoms with Crippen LogP contribution in [0.1, 0.15) is 36.1 Å². The Morgan fingerprint density at radius 3 is 2.62 bits per heavy atom. The number of likely N-dealkylation sites (tertiary alicyclic amines) is 1. The van der Waals surface area contributed by atoms with Crippen LogP contribution in [0.15, 0.2) is 41.8 Å². The Hall–Kier alpha value is -2.38. The first kappa shape index (κ1) is 19.9. The lowest BCUT2D eigenvalue weighted by atomic mass is 10.0. The highest BCUT2D eigenvalue weighted by atomic mass is 32.1. The first-order valence-corrected chi connectivity index (χ1v) is 11.3. The molecule has 0 bridgehead atoms. The van der Waals surface area contributed by atoms with Gasteiger partial charge in [0.05, 0.1) is 5.56 Å². The van der Waals surface area contributed by atoms with Crippen LogP contribution in [0.2, 0.25) is 0 Å². The zero-order chi connectivity index (χ0) is 20.2. The summed E-state index contributed by atoms with van der Waals surface area (Å²) < 4.78 is 0. The first-order valence-electron chi connectivity index (χ1n) is 10.4. The van der Waals surface area contributed by atoms with E-state index in [2.05, 4.69) is 27.3 Å². The number of urea groups is 1. The zero-order valence-corrected chi connectivity index (χ0v) is 17.6. The Labute approximate surface area is 176 Å². The lowest BCUT2D eigenvalue weighted by Crippen LogP contribution is -2.51. The van der Waals surface area contributed by atoms with E-state index in [1.165, 1.54) is 4.88 Å². The average Bonchev–Trinajstić information content (AvgIpc) is 3.16. The summed E-state index contributed by atoms with van der Waals surface area (Å²) in [4.78, 5) is 21.4. The fourth-order valence-electron chi connectivity index (χ4n) is 4.34. The number of amidine groups is 1. The maximum Gasteiger partial charge on any atom is 0.324 e. The summed E-state index contributed by atoms with van der Waals surface area (Å²) >= 11 is 1.82. The number of rotatable bonds is 5. The molecule has 4 rings (SSSR count). The first-order chi connectivity index (χ1) is 14.1. The van der Waals surface area contributed by atoms with Crippen LogP contribution < -0.4 is 16.0 Å². The fourth-order valence-corrected chi connectivity index (χ4v) is 5.09. The molecule has 2 aromatic rings. The largest absolute Gasteiger partial charge is 0.324 e. The molecule has 0 radical (unpaired) electrons. The highest BCUT2D eigenvalue weighted by Gasteiger charge is 2.32. The van der Waals surface area contributed by atoms with Crippen molar-refractivity contribution < 1.29 is 10.2 Å². The lowest BCUT2D eigenvalue weighted by Gasteiger charge is -2.39. The minimum absolute atomic E-state index is 0.118. The standard InChI is InChI=1S/C22H29N5OS/c23-21(24)17-5-3-6-19(15-17)27-11-2-1-10-26(22(27)28)18-8-12-25(13-9-18)16-20-7-4-14-29-20/h3-7,14-15,18H,1-2,8-13,16H2,(H3,23,24)/p+1. The van der Waals surface area contributed by atoms with Crippen molar-refractivity contribution in [3.8, 4) is 0 Å². The number of anilines is 1. The van der Waals surface area contributed by atoms with Gasteiger partial charge in [0.15, 0.2) is 0 Å². The highest BCUT2D eigenvalue weighted by molar-refractivity contribution is 7.09. The number of carbonyl (C=O) groups excluding carboxylic acids is 1. The van der Waals surface area contributed by atoms with Gasteiger partial charge in [-0.2, -0.15) is 0 Å². The maximum absolute atomic E-state index is 13.4. The van der Waals surface area contributed by atoms with Crippen LogP contribution in [-0.4, -0.2) is 53.9 Å². The van der Waals surface area contributed by atoms with E-state index >= 15 is 0 Å². The molecule has 7 heteroatoms. The van der Waals surface area contributed by atoms with Gasteiger partial charge in [-0.1, -0.05) is 12.1 Å². The van der Waals surface area contributed by atoms with E-state index in [0.717, 1.165) is 69.7 Å². The number of benzene rings is 1. The van der Waals surface area contributed by atoms with E-state index in [1.54, 1.807) is 0 Å². The molecule has 154 valence electrons. The summed E-state index contributed by atoms with van der Waals surface area (Å²) in [5.74, 6) is 0.282. The quantitative estimate of drug-likeness (QED) is 0.582. The van der Waals surface area contributed by atoms with E-state index in [-0.39, 0.29) is 11.9 Å². The average molecular weight is 413 g/mol. The van der Waals surface area contributed by atoms with Gasteiger partial charge in [-0.05, 0) is 55.3 Å². The number of carbonyl (C=O) groups is 1. The molecular weight excluding hydrogens is 382 g/mol. The predicted octanol–water partition coefficient (Wildman–Crippen LogP) is 1.90. The second-order valence-electron chi connectivity index (χ2n) is 7.93. The number of hydrogen-bond acceptors (Lipinski definition) is 3. The third-order valence-corrected chi connectivity index (χ3v) is 6.82. The Morgan fingerprint density at radius 2 is 1.90 bits per heavy atom. The fraction of sp³-hybridized carbons (Fsp3) is 0.455. The van der Waals surface area contributed by atoms with Crippen LogP contribution in [-0.2, 0) is 6.54 Å². The van der Waals surface area contributed by atoms with Crippen LogP contribution >= 0.6 is 11.3 Å². The van der Waals surface area contributed by atoms with E-state index in [1.807, 2.05) is 40.5 Å². The van der Waals surface area contributed by atoms with Gasteiger partial charge >= 0.3 is 6.03 Å². The number of hydrogen-bond donors (Lipinski definition) is 2. The summed E-state index contributed by atoms with van der Waals surface area (Å²) in [6.45, 7) is 4.69. The topological polar surface area (TPSA) is 78.4 Å². The Balaban J connectivity index is 1.43. The third-order valence-electron chi connectivity index (χ3n) is 5.96. The molecule has 0 spiro atoms. The summed E-state index contributed by atoms with van der Waals surface area (Å²) in [5, 5.41) is 7.90. The van der Waals surface area contributed by atoms with Gasteiger partial charge in [0.25, 0.3) is 5.84 Å². The molecule has 6 nitrogen and oxygen atoms in total. The molecule has 1 aromatic carbocycles. The van der Waals surface area contributed by atoms with Crippen molar-refractivity contribution >= 4 is 28.9 Å². The smallest absolute Gasteiger partial charge is 0.321 e. The molecular formula is C22H30N5OS+. The van der Waals surface area contributed by atoms with Crippen molar-refractivity contribution in [2.75, 3.05) is 31.1 Å². The van der Waals surface area contributed by atoms with Crippen molar-refractivity contribution in [3.05, 3.63) is 52.2 Å². The Bertz CT molecular complexity index is 845. The van der Waals surface area contributed by atoms with E-state index in [4.69, 9.17) is 11.1 Å². The minimum Gasteiger partial charge on any atom is -0.321 e. The van der Waals surface area contributed by atoms with Gasteiger partial charge in [0.1, 0.15) is 0 Å². The molecule has 2 amide bonds. The Morgan fingerprint density at radius 1 is 1.10 bits per heavy atom. The van der Waals surface area contributed by atoms with Crippen molar-refractivity contribution in [1.82, 2.24) is 9.80 Å². The summed E-state index contributed by atoms with van der Waals surface area (Å²) in [5.41, 5.74) is 7.41. The van der Waals surface area contributed by atoms with Gasteiger partial charge in [-0.15, -0.1) is 11.3 Å². The normalized spacial score (nSPS) is 19.4. The molecule has 4 N–H and O–H groups in total. The van der Waals surface area contributed by atoms with Gasteiger partial charge in [-0.25, -0.2) is 4.79 Å². The SMILES string of the molecule is NC(=[NH2+])c1cccc(N2CCCCN(C3CCN(Cc4cccs4)CC3)C2=O)c1. The summed E-state index contributed by atoms with van der Waals surface area (Å²) in [6, 6.07) is 12.4. The third kappa shape index (κ3) is 4.62. The van der Waals surface area contributed by atoms with Crippen LogP contribution in [0.25, 0.3) is 0 Å². The molecule has 1 aromatic heterocycles. The van der Waals surface area contributed by atoms with Crippen molar-refractivity contribution in [3.63, 3.8) is 0 Å². The monoisotopic (exact) mass is 412 g/mol. The van der Waals surface area contributed by atoms with E-state index in [0.29, 0.717) is 6.04 Å². The van der Waals surface area contributed by atoms with Crippen molar-refractivity contribution in [1.29, 1.82) is 0 Å². The number of nitrogens with two attached hydrogens (primary N) is 2. The molecule has 2 aliphatic heterocycles. The number of nitrogens with zero attached hydrogens (tertiary/aromatic N) is 3. The molecule has 29 heavy (non-hydrogen) atoms. The molecule has 0 unspecified atom stereocenters. The van der Waals surface area contributed by atoms with Gasteiger partial charge in [-0.3, -0.25) is 20.9 Å². The summed E-state index contributed by atoms with van der Waals surface area (Å²) in [6.07, 6.45) is 4.12. The molecule has 2 aliphatic rings. The molecule has 0 aliphatic carbocycles. The second-order valence-corrected chi connectivity index (χ2v) is 8.96. The molecule has 2 fully saturated rings. The number of amides is 2. The van der Waals surface area contributed by atoms with E-state index in [9.17, 15) is 4.79 Å². The summed E-state index contributed by atoms with van der Waals surface area (Å²) in [7, 11) is 0. The Kier molecular flexibility index (Phi) is 6.16. The van der Waals surface area contributed by atoms with Crippen LogP contribution in [0.4, 0.5) is 10.5 Å². The zero-order valence-electron chi connectivity index (χ0n) is 16.8. The minimum atomic E-state index is 0.118. The molecule has 3 heterocycles.